The van der Waals surface area contributed by atoms with Gasteiger partial charge in [0.1, 0.15) is 29.9 Å². The van der Waals surface area contributed by atoms with Gasteiger partial charge in [-0.15, -0.1) is 0 Å². The second-order valence-corrected chi connectivity index (χ2v) is 13.8. The minimum absolute atomic E-state index is 0.0435. The molecule has 0 aliphatic rings. The Balaban J connectivity index is 1.97. The molecule has 51 heavy (non-hydrogen) atoms. The molecule has 3 aromatic rings. The molecule has 16 heteroatoms. The highest BCUT2D eigenvalue weighted by atomic mass is 31.2. The average Bonchev–Trinajstić information content (AvgIpc) is 3.12. The van der Waals surface area contributed by atoms with E-state index in [9.17, 15) is 29.2 Å². The van der Waals surface area contributed by atoms with Gasteiger partial charge in [-0.05, 0) is 51.7 Å². The van der Waals surface area contributed by atoms with Gasteiger partial charge >= 0.3 is 25.3 Å². The number of aromatic nitrogens is 2. The molecule has 2 aromatic carbocycles. The van der Waals surface area contributed by atoms with Crippen LogP contribution in [-0.2, 0) is 45.7 Å². The van der Waals surface area contributed by atoms with Crippen LogP contribution in [0.15, 0.2) is 77.7 Å². The lowest BCUT2D eigenvalue weighted by Gasteiger charge is -2.39. The van der Waals surface area contributed by atoms with E-state index in [-0.39, 0.29) is 31.9 Å². The van der Waals surface area contributed by atoms with Gasteiger partial charge in [0, 0.05) is 19.4 Å². The SMILES string of the molecule is CCOC(=O)[C@H](Cc1ccccc1)NP(=O)(N[C@@H](Cc1ccccc1)C(=O)OCC)OCC(OC)C(O)C(C)(O)C(C)n1ccc(OC)nc1=O. The number of esters is 2. The highest BCUT2D eigenvalue weighted by molar-refractivity contribution is 7.54. The number of aliphatic hydroxyl groups is 2. The summed E-state index contributed by atoms with van der Waals surface area (Å²) in [6.45, 7) is 5.54. The summed E-state index contributed by atoms with van der Waals surface area (Å²) in [5.41, 5.74) is -1.32. The number of carbonyl (C=O) groups excluding carboxylic acids is 2. The van der Waals surface area contributed by atoms with Crippen molar-refractivity contribution in [3.05, 3.63) is 94.5 Å². The molecule has 4 N–H and O–H groups in total. The van der Waals surface area contributed by atoms with Crippen LogP contribution in [0, 0.1) is 0 Å². The van der Waals surface area contributed by atoms with E-state index in [0.717, 1.165) is 15.7 Å². The van der Waals surface area contributed by atoms with Crippen LogP contribution in [0.25, 0.3) is 0 Å². The van der Waals surface area contributed by atoms with E-state index in [1.54, 1.807) is 62.4 Å². The molecule has 0 fully saturated rings. The zero-order valence-electron chi connectivity index (χ0n) is 29.8. The summed E-state index contributed by atoms with van der Waals surface area (Å²) < 4.78 is 43.0. The van der Waals surface area contributed by atoms with Crippen molar-refractivity contribution in [1.29, 1.82) is 0 Å². The van der Waals surface area contributed by atoms with Gasteiger partial charge in [0.15, 0.2) is 0 Å². The Morgan fingerprint density at radius 3 is 1.80 bits per heavy atom. The standard InChI is InChI=1S/C35H49N4O11P/c1-7-48-32(41)27(21-25-15-11-9-12-16-25)37-51(45,38-28(33(42)49-8-2)22-26-17-13-10-14-18-26)50-23-29(46-5)31(40)35(4,44)24(3)39-20-19-30(47-6)36-34(39)43/h9-20,24,27-29,31,40,44H,7-8,21-23H2,1-6H3,(H2,37,38,45)/t24?,27-,28-,29?,31?,35?/m0/s1. The predicted octanol–water partition coefficient (Wildman–Crippen LogP) is 2.59. The lowest BCUT2D eigenvalue weighted by molar-refractivity contribution is -0.152. The van der Waals surface area contributed by atoms with E-state index >= 15 is 0 Å². The average molecular weight is 733 g/mol. The van der Waals surface area contributed by atoms with E-state index < -0.39 is 67.8 Å². The number of rotatable bonds is 21. The van der Waals surface area contributed by atoms with Crippen molar-refractivity contribution in [3.63, 3.8) is 0 Å². The fourth-order valence-electron chi connectivity index (χ4n) is 5.25. The zero-order chi connectivity index (χ0) is 37.6. The number of nitrogens with one attached hydrogen (secondary N) is 2. The quantitative estimate of drug-likeness (QED) is 0.0921. The molecule has 6 atom stereocenters. The number of methoxy groups -OCH3 is 2. The minimum atomic E-state index is -4.47. The zero-order valence-corrected chi connectivity index (χ0v) is 30.7. The highest BCUT2D eigenvalue weighted by Gasteiger charge is 2.44. The Morgan fingerprint density at radius 1 is 0.902 bits per heavy atom. The molecule has 0 saturated heterocycles. The molecule has 0 radical (unpaired) electrons. The lowest BCUT2D eigenvalue weighted by Crippen LogP contribution is -2.55. The molecule has 4 unspecified atom stereocenters. The van der Waals surface area contributed by atoms with Crippen LogP contribution in [0.1, 0.15) is 44.9 Å². The normalized spacial score (nSPS) is 15.8. The molecule has 15 nitrogen and oxygen atoms in total. The molecule has 1 heterocycles. The van der Waals surface area contributed by atoms with Crippen LogP contribution in [0.2, 0.25) is 0 Å². The smallest absolute Gasteiger partial charge is 0.351 e. The van der Waals surface area contributed by atoms with Crippen LogP contribution in [-0.4, -0.2) is 95.6 Å². The van der Waals surface area contributed by atoms with Crippen LogP contribution in [0.4, 0.5) is 0 Å². The molecular formula is C35H49N4O11P. The Bertz CT molecular complexity index is 1570. The number of carbonyl (C=O) groups is 2. The molecule has 0 amide bonds. The van der Waals surface area contributed by atoms with Crippen molar-refractivity contribution in [1.82, 2.24) is 19.7 Å². The van der Waals surface area contributed by atoms with E-state index in [1.807, 2.05) is 12.1 Å². The molecular weight excluding hydrogens is 683 g/mol. The van der Waals surface area contributed by atoms with Gasteiger partial charge in [0.05, 0.1) is 33.0 Å². The second kappa shape index (κ2) is 19.6. The van der Waals surface area contributed by atoms with Crippen molar-refractivity contribution in [3.8, 4) is 5.88 Å². The van der Waals surface area contributed by atoms with Crippen molar-refractivity contribution in [2.24, 2.45) is 0 Å². The molecule has 1 aromatic heterocycles. The van der Waals surface area contributed by atoms with E-state index in [0.29, 0.717) is 0 Å². The van der Waals surface area contributed by atoms with Crippen LogP contribution < -0.4 is 20.6 Å². The summed E-state index contributed by atoms with van der Waals surface area (Å²) in [7, 11) is -1.87. The fraction of sp³-hybridized carbons (Fsp3) is 0.486. The number of hydrogen-bond acceptors (Lipinski definition) is 12. The third kappa shape index (κ3) is 11.8. The monoisotopic (exact) mass is 732 g/mol. The Labute approximate surface area is 297 Å². The van der Waals surface area contributed by atoms with Crippen LogP contribution in [0.5, 0.6) is 5.88 Å². The first-order chi connectivity index (χ1) is 24.3. The molecule has 0 aliphatic carbocycles. The molecule has 0 spiro atoms. The highest BCUT2D eigenvalue weighted by Crippen LogP contribution is 2.41. The molecule has 0 aliphatic heterocycles. The summed E-state index contributed by atoms with van der Waals surface area (Å²) in [5, 5.41) is 28.5. The maximum absolute atomic E-state index is 14.9. The summed E-state index contributed by atoms with van der Waals surface area (Å²) in [5.74, 6) is -1.37. The molecule has 0 saturated carbocycles. The van der Waals surface area contributed by atoms with E-state index in [1.165, 1.54) is 40.3 Å². The fourth-order valence-corrected chi connectivity index (χ4v) is 7.04. The van der Waals surface area contributed by atoms with Gasteiger partial charge in [-0.25, -0.2) is 15.0 Å². The number of nitrogens with zero attached hydrogens (tertiary/aromatic N) is 2. The number of benzene rings is 2. The summed E-state index contributed by atoms with van der Waals surface area (Å²) in [6, 6.07) is 15.9. The van der Waals surface area contributed by atoms with Gasteiger partial charge in [-0.2, -0.15) is 4.98 Å². The first-order valence-electron chi connectivity index (χ1n) is 16.6. The van der Waals surface area contributed by atoms with Gasteiger partial charge in [-0.3, -0.25) is 18.7 Å². The number of ether oxygens (including phenoxy) is 4. The van der Waals surface area contributed by atoms with Crippen molar-refractivity contribution >= 4 is 19.6 Å². The van der Waals surface area contributed by atoms with Crippen molar-refractivity contribution in [2.75, 3.05) is 34.0 Å². The number of hydrogen-bond donors (Lipinski definition) is 4. The van der Waals surface area contributed by atoms with Crippen molar-refractivity contribution < 1.29 is 47.8 Å². The van der Waals surface area contributed by atoms with E-state index in [2.05, 4.69) is 15.2 Å². The van der Waals surface area contributed by atoms with Gasteiger partial charge in [0.2, 0.25) is 5.88 Å². The van der Waals surface area contributed by atoms with Crippen LogP contribution in [0.3, 0.4) is 0 Å². The Morgan fingerprint density at radius 2 is 1.39 bits per heavy atom. The van der Waals surface area contributed by atoms with Crippen LogP contribution >= 0.6 is 7.67 Å². The topological polar surface area (TPSA) is 197 Å². The van der Waals surface area contributed by atoms with E-state index in [4.69, 9.17) is 23.5 Å². The molecule has 3 rings (SSSR count). The molecule has 280 valence electrons. The predicted molar refractivity (Wildman–Crippen MR) is 188 cm³/mol. The van der Waals surface area contributed by atoms with Crippen molar-refractivity contribution in [2.45, 2.75) is 76.5 Å². The van der Waals surface area contributed by atoms with Gasteiger partial charge in [0.25, 0.3) is 0 Å². The van der Waals surface area contributed by atoms with Gasteiger partial charge < -0.3 is 33.7 Å². The minimum Gasteiger partial charge on any atom is -0.481 e. The number of aliphatic hydroxyl groups excluding tert-OH is 1. The molecule has 0 bridgehead atoms. The third-order valence-corrected chi connectivity index (χ3v) is 10.1. The first kappa shape index (κ1) is 41.5. The first-order valence-corrected chi connectivity index (χ1v) is 18.2. The summed E-state index contributed by atoms with van der Waals surface area (Å²) in [6.07, 6.45) is -1.61. The Kier molecular flexibility index (Phi) is 15.9. The third-order valence-electron chi connectivity index (χ3n) is 8.31. The maximum atomic E-state index is 14.9. The lowest BCUT2D eigenvalue weighted by atomic mass is 9.88. The largest absolute Gasteiger partial charge is 0.481 e. The second-order valence-electron chi connectivity index (χ2n) is 11.9. The summed E-state index contributed by atoms with van der Waals surface area (Å²) in [4.78, 5) is 42.9. The maximum Gasteiger partial charge on any atom is 0.351 e. The van der Waals surface area contributed by atoms with Gasteiger partial charge in [-0.1, -0.05) is 60.7 Å². The summed E-state index contributed by atoms with van der Waals surface area (Å²) >= 11 is 0. The Hall–Kier alpha value is -3.95.